The minimum absolute atomic E-state index is 0.192. The fourth-order valence-corrected chi connectivity index (χ4v) is 2.42. The van der Waals surface area contributed by atoms with Gasteiger partial charge < -0.3 is 10.6 Å². The number of rotatable bonds is 3. The van der Waals surface area contributed by atoms with Crippen LogP contribution in [0.1, 0.15) is 21.7 Å². The van der Waals surface area contributed by atoms with E-state index in [9.17, 15) is 4.79 Å². The van der Waals surface area contributed by atoms with Gasteiger partial charge in [-0.25, -0.2) is 0 Å². The Morgan fingerprint density at radius 3 is 2.48 bits per heavy atom. The number of benzene rings is 1. The molecule has 2 N–H and O–H groups in total. The molecule has 2 rings (SSSR count). The van der Waals surface area contributed by atoms with Gasteiger partial charge in [-0.05, 0) is 31.2 Å². The summed E-state index contributed by atoms with van der Waals surface area (Å²) in [5.74, 6) is -0.192. The lowest BCUT2D eigenvalue weighted by molar-refractivity contribution is 0.0783. The van der Waals surface area contributed by atoms with E-state index in [2.05, 4.69) is 4.98 Å². The third-order valence-corrected chi connectivity index (χ3v) is 3.64. The normalized spacial score (nSPS) is 10.5. The summed E-state index contributed by atoms with van der Waals surface area (Å²) in [6, 6.07) is 8.73. The van der Waals surface area contributed by atoms with Gasteiger partial charge in [-0.3, -0.25) is 9.78 Å². The molecule has 0 spiro atoms. The van der Waals surface area contributed by atoms with E-state index in [1.165, 1.54) is 12.1 Å². The number of carbonyl (C=O) groups is 1. The van der Waals surface area contributed by atoms with Gasteiger partial charge in [0, 0.05) is 18.3 Å². The smallest absolute Gasteiger partial charge is 0.254 e. The molecule has 4 nitrogen and oxygen atoms in total. The lowest BCUT2D eigenvalue weighted by atomic mass is 10.1. The number of nitrogen functional groups attached to an aromatic ring is 1. The zero-order chi connectivity index (χ0) is 15.6. The van der Waals surface area contributed by atoms with Gasteiger partial charge in [0.25, 0.3) is 5.91 Å². The van der Waals surface area contributed by atoms with Gasteiger partial charge in [-0.15, -0.1) is 0 Å². The largest absolute Gasteiger partial charge is 0.396 e. The number of amides is 1. The maximum absolute atomic E-state index is 12.4. The van der Waals surface area contributed by atoms with Crippen LogP contribution in [0, 0.1) is 6.92 Å². The van der Waals surface area contributed by atoms with Crippen LogP contribution in [0.3, 0.4) is 0 Å². The van der Waals surface area contributed by atoms with Crippen LogP contribution in [0.25, 0.3) is 0 Å². The molecule has 2 aromatic rings. The van der Waals surface area contributed by atoms with Crippen LogP contribution in [0.15, 0.2) is 30.3 Å². The van der Waals surface area contributed by atoms with Gasteiger partial charge in [0.15, 0.2) is 0 Å². The number of nitrogens with zero attached hydrogens (tertiary/aromatic N) is 2. The Morgan fingerprint density at radius 2 is 1.90 bits per heavy atom. The van der Waals surface area contributed by atoms with Crippen LogP contribution >= 0.6 is 23.2 Å². The van der Waals surface area contributed by atoms with E-state index in [4.69, 9.17) is 28.9 Å². The Bertz CT molecular complexity index is 665. The van der Waals surface area contributed by atoms with Crippen molar-refractivity contribution in [2.24, 2.45) is 0 Å². The van der Waals surface area contributed by atoms with Gasteiger partial charge in [0.1, 0.15) is 0 Å². The highest BCUT2D eigenvalue weighted by molar-refractivity contribution is 6.39. The number of nitrogens with two attached hydrogens (primary N) is 1. The van der Waals surface area contributed by atoms with Crippen molar-refractivity contribution >= 4 is 34.8 Å². The molecule has 0 unspecified atom stereocenters. The molecule has 0 aliphatic rings. The van der Waals surface area contributed by atoms with E-state index in [1.54, 1.807) is 11.9 Å². The van der Waals surface area contributed by atoms with E-state index < -0.39 is 0 Å². The number of pyridine rings is 1. The molecule has 21 heavy (non-hydrogen) atoms. The van der Waals surface area contributed by atoms with Crippen molar-refractivity contribution in [2.45, 2.75) is 13.5 Å². The summed E-state index contributed by atoms with van der Waals surface area (Å²) in [6.45, 7) is 2.31. The zero-order valence-corrected chi connectivity index (χ0v) is 13.2. The maximum Gasteiger partial charge on any atom is 0.254 e. The summed E-state index contributed by atoms with van der Waals surface area (Å²) in [7, 11) is 1.70. The van der Waals surface area contributed by atoms with E-state index in [0.717, 1.165) is 11.4 Å². The summed E-state index contributed by atoms with van der Waals surface area (Å²) in [5, 5.41) is 0.542. The Morgan fingerprint density at radius 1 is 1.29 bits per heavy atom. The molecule has 1 heterocycles. The fraction of sp³-hybridized carbons (Fsp3) is 0.200. The van der Waals surface area contributed by atoms with Crippen molar-refractivity contribution in [3.8, 4) is 0 Å². The Balaban J connectivity index is 2.20. The first kappa shape index (κ1) is 15.6. The molecule has 0 aliphatic heterocycles. The van der Waals surface area contributed by atoms with Crippen molar-refractivity contribution < 1.29 is 4.79 Å². The molecule has 0 saturated carbocycles. The molecule has 0 radical (unpaired) electrons. The lowest BCUT2D eigenvalue weighted by Crippen LogP contribution is -2.26. The predicted octanol–water partition coefficient (Wildman–Crippen LogP) is 3.55. The number of aromatic nitrogens is 1. The summed E-state index contributed by atoms with van der Waals surface area (Å²) < 4.78 is 0. The minimum Gasteiger partial charge on any atom is -0.396 e. The van der Waals surface area contributed by atoms with Crippen LogP contribution in [0.5, 0.6) is 0 Å². The molecule has 0 aliphatic carbocycles. The summed E-state index contributed by atoms with van der Waals surface area (Å²) in [4.78, 5) is 18.3. The topological polar surface area (TPSA) is 59.2 Å². The molecule has 0 fully saturated rings. The average Bonchev–Trinajstić information content (AvgIpc) is 2.43. The summed E-state index contributed by atoms with van der Waals surface area (Å²) in [6.07, 6.45) is 0. The molecule has 1 aromatic heterocycles. The highest BCUT2D eigenvalue weighted by Crippen LogP contribution is 2.29. The minimum atomic E-state index is -0.192. The molecule has 1 aromatic carbocycles. The maximum atomic E-state index is 12.4. The summed E-state index contributed by atoms with van der Waals surface area (Å²) in [5.41, 5.74) is 8.07. The third kappa shape index (κ3) is 3.65. The Hall–Kier alpha value is -1.78. The highest BCUT2D eigenvalue weighted by atomic mass is 35.5. The second-order valence-corrected chi connectivity index (χ2v) is 5.60. The van der Waals surface area contributed by atoms with E-state index in [0.29, 0.717) is 12.1 Å². The van der Waals surface area contributed by atoms with Crippen molar-refractivity contribution in [1.29, 1.82) is 0 Å². The fourth-order valence-electron chi connectivity index (χ4n) is 1.93. The number of anilines is 1. The first-order valence-corrected chi connectivity index (χ1v) is 7.06. The van der Waals surface area contributed by atoms with Crippen molar-refractivity contribution in [2.75, 3.05) is 12.8 Å². The van der Waals surface area contributed by atoms with Crippen LogP contribution in [0.4, 0.5) is 5.69 Å². The molecular weight excluding hydrogens is 309 g/mol. The lowest BCUT2D eigenvalue weighted by Gasteiger charge is -2.17. The molecule has 110 valence electrons. The van der Waals surface area contributed by atoms with Gasteiger partial charge >= 0.3 is 0 Å². The van der Waals surface area contributed by atoms with E-state index in [-0.39, 0.29) is 21.6 Å². The first-order valence-electron chi connectivity index (χ1n) is 6.31. The van der Waals surface area contributed by atoms with Crippen molar-refractivity contribution in [3.63, 3.8) is 0 Å². The number of aryl methyl sites for hydroxylation is 1. The molecule has 0 bridgehead atoms. The highest BCUT2D eigenvalue weighted by Gasteiger charge is 2.15. The Kier molecular flexibility index (Phi) is 4.70. The van der Waals surface area contributed by atoms with E-state index >= 15 is 0 Å². The first-order chi connectivity index (χ1) is 9.88. The number of halogens is 2. The standard InChI is InChI=1S/C15H15Cl2N3O/c1-9-4-3-5-11(19-9)8-20(2)15(21)10-6-12(16)14(18)13(17)7-10/h3-7H,8,18H2,1-2H3. The summed E-state index contributed by atoms with van der Waals surface area (Å²) >= 11 is 11.9. The Labute approximate surface area is 133 Å². The molecule has 0 saturated heterocycles. The average molecular weight is 324 g/mol. The quantitative estimate of drug-likeness (QED) is 0.879. The van der Waals surface area contributed by atoms with Crippen LogP contribution in [-0.2, 0) is 6.54 Å². The third-order valence-electron chi connectivity index (χ3n) is 3.02. The monoisotopic (exact) mass is 323 g/mol. The molecule has 1 amide bonds. The molecule has 0 atom stereocenters. The van der Waals surface area contributed by atoms with Gasteiger partial charge in [-0.1, -0.05) is 29.3 Å². The molecular formula is C15H15Cl2N3O. The number of hydrogen-bond acceptors (Lipinski definition) is 3. The van der Waals surface area contributed by atoms with Crippen molar-refractivity contribution in [1.82, 2.24) is 9.88 Å². The SMILES string of the molecule is Cc1cccc(CN(C)C(=O)c2cc(Cl)c(N)c(Cl)c2)n1. The zero-order valence-electron chi connectivity index (χ0n) is 11.7. The van der Waals surface area contributed by atoms with Crippen LogP contribution in [-0.4, -0.2) is 22.8 Å². The second-order valence-electron chi connectivity index (χ2n) is 4.79. The number of hydrogen-bond donors (Lipinski definition) is 1. The van der Waals surface area contributed by atoms with Gasteiger partial charge in [-0.2, -0.15) is 0 Å². The van der Waals surface area contributed by atoms with Crippen LogP contribution in [0.2, 0.25) is 10.0 Å². The van der Waals surface area contributed by atoms with Crippen LogP contribution < -0.4 is 5.73 Å². The van der Waals surface area contributed by atoms with Gasteiger partial charge in [0.05, 0.1) is 28.0 Å². The predicted molar refractivity (Wildman–Crippen MR) is 85.6 cm³/mol. The number of carbonyl (C=O) groups excluding carboxylic acids is 1. The van der Waals surface area contributed by atoms with E-state index in [1.807, 2.05) is 25.1 Å². The molecule has 6 heteroatoms. The second kappa shape index (κ2) is 6.33. The van der Waals surface area contributed by atoms with Crippen molar-refractivity contribution in [3.05, 3.63) is 57.3 Å². The van der Waals surface area contributed by atoms with Gasteiger partial charge in [0.2, 0.25) is 0 Å².